The predicted molar refractivity (Wildman–Crippen MR) is 69.2 cm³/mol. The molecule has 0 saturated carbocycles. The minimum atomic E-state index is -0.725. The van der Waals surface area contributed by atoms with E-state index in [-0.39, 0.29) is 12.5 Å². The van der Waals surface area contributed by atoms with Crippen molar-refractivity contribution >= 4 is 5.97 Å². The van der Waals surface area contributed by atoms with Crippen LogP contribution in [0.4, 0.5) is 0 Å². The van der Waals surface area contributed by atoms with Crippen molar-refractivity contribution in [3.8, 4) is 0 Å². The number of nitrogens with one attached hydrogen (secondary N) is 1. The monoisotopic (exact) mass is 235 g/mol. The first kappa shape index (κ1) is 13.7. The molecule has 1 atom stereocenters. The first-order valence-corrected chi connectivity index (χ1v) is 6.08. The fourth-order valence-corrected chi connectivity index (χ4v) is 1.77. The lowest BCUT2D eigenvalue weighted by Gasteiger charge is -2.12. The summed E-state index contributed by atoms with van der Waals surface area (Å²) in [5, 5.41) is 11.9. The molecule has 3 heteroatoms. The van der Waals surface area contributed by atoms with Crippen molar-refractivity contribution in [3.05, 3.63) is 35.4 Å². The number of carboxylic acid groups (broad SMARTS) is 1. The Labute approximate surface area is 103 Å². The van der Waals surface area contributed by atoms with Crippen molar-refractivity contribution < 1.29 is 9.90 Å². The first-order valence-electron chi connectivity index (χ1n) is 6.08. The van der Waals surface area contributed by atoms with Gasteiger partial charge in [-0.3, -0.25) is 4.79 Å². The number of benzene rings is 1. The smallest absolute Gasteiger partial charge is 0.303 e. The summed E-state index contributed by atoms with van der Waals surface area (Å²) in [6.45, 7) is 5.01. The quantitative estimate of drug-likeness (QED) is 0.763. The van der Waals surface area contributed by atoms with Gasteiger partial charge in [0, 0.05) is 12.5 Å². The van der Waals surface area contributed by atoms with Crippen LogP contribution >= 0.6 is 0 Å². The molecule has 2 N–H and O–H groups in total. The van der Waals surface area contributed by atoms with Gasteiger partial charge in [-0.05, 0) is 38.8 Å². The zero-order valence-corrected chi connectivity index (χ0v) is 10.6. The molecule has 0 aliphatic carbocycles. The van der Waals surface area contributed by atoms with Gasteiger partial charge in [0.2, 0.25) is 0 Å². The number of aliphatic carboxylic acids is 1. The molecule has 94 valence electrons. The Morgan fingerprint density at radius 2 is 2.24 bits per heavy atom. The van der Waals surface area contributed by atoms with Crippen LogP contribution in [-0.2, 0) is 11.2 Å². The lowest BCUT2D eigenvalue weighted by Crippen LogP contribution is -2.28. The number of rotatable bonds is 7. The van der Waals surface area contributed by atoms with Crippen LogP contribution in [-0.4, -0.2) is 23.7 Å². The molecule has 0 bridgehead atoms. The van der Waals surface area contributed by atoms with Crippen LogP contribution < -0.4 is 5.32 Å². The molecule has 1 rings (SSSR count). The molecule has 0 aromatic heterocycles. The number of hydrogen-bond acceptors (Lipinski definition) is 2. The molecule has 0 radical (unpaired) electrons. The number of aryl methyl sites for hydroxylation is 1. The van der Waals surface area contributed by atoms with Gasteiger partial charge < -0.3 is 10.4 Å². The molecule has 0 aliphatic heterocycles. The Morgan fingerprint density at radius 1 is 1.47 bits per heavy atom. The standard InChI is InChI=1S/C14H21NO2/c1-11-4-3-5-13(10-11)8-9-15-12(2)6-7-14(16)17/h3-5,10,12,15H,6-9H2,1-2H3,(H,16,17). The van der Waals surface area contributed by atoms with E-state index in [1.165, 1.54) is 11.1 Å². The second-order valence-electron chi connectivity index (χ2n) is 4.53. The van der Waals surface area contributed by atoms with Crippen molar-refractivity contribution in [1.82, 2.24) is 5.32 Å². The highest BCUT2D eigenvalue weighted by Crippen LogP contribution is 2.04. The van der Waals surface area contributed by atoms with Crippen molar-refractivity contribution in [2.75, 3.05) is 6.54 Å². The summed E-state index contributed by atoms with van der Waals surface area (Å²) >= 11 is 0. The van der Waals surface area contributed by atoms with Crippen molar-refractivity contribution in [2.45, 2.75) is 39.2 Å². The van der Waals surface area contributed by atoms with Crippen LogP contribution in [0.1, 0.15) is 30.9 Å². The van der Waals surface area contributed by atoms with Gasteiger partial charge in [-0.25, -0.2) is 0 Å². The van der Waals surface area contributed by atoms with Gasteiger partial charge >= 0.3 is 5.97 Å². The fraction of sp³-hybridized carbons (Fsp3) is 0.500. The zero-order chi connectivity index (χ0) is 12.7. The largest absolute Gasteiger partial charge is 0.481 e. The summed E-state index contributed by atoms with van der Waals surface area (Å²) in [6, 6.07) is 8.72. The van der Waals surface area contributed by atoms with E-state index >= 15 is 0 Å². The maximum absolute atomic E-state index is 10.4. The van der Waals surface area contributed by atoms with Crippen LogP contribution in [0.2, 0.25) is 0 Å². The van der Waals surface area contributed by atoms with Gasteiger partial charge in [-0.1, -0.05) is 29.8 Å². The molecule has 0 heterocycles. The summed E-state index contributed by atoms with van der Waals surface area (Å²) in [6.07, 6.45) is 1.90. The highest BCUT2D eigenvalue weighted by atomic mass is 16.4. The van der Waals surface area contributed by atoms with E-state index in [2.05, 4.69) is 36.5 Å². The molecule has 1 aromatic rings. The van der Waals surface area contributed by atoms with Gasteiger partial charge in [0.15, 0.2) is 0 Å². The van der Waals surface area contributed by atoms with Crippen LogP contribution in [0, 0.1) is 6.92 Å². The van der Waals surface area contributed by atoms with E-state index in [9.17, 15) is 4.79 Å². The van der Waals surface area contributed by atoms with Crippen molar-refractivity contribution in [2.24, 2.45) is 0 Å². The third kappa shape index (κ3) is 6.07. The van der Waals surface area contributed by atoms with Gasteiger partial charge in [-0.2, -0.15) is 0 Å². The molecular weight excluding hydrogens is 214 g/mol. The predicted octanol–water partition coefficient (Wildman–Crippen LogP) is 2.38. The minimum absolute atomic E-state index is 0.235. The topological polar surface area (TPSA) is 49.3 Å². The van der Waals surface area contributed by atoms with Gasteiger partial charge in [0.05, 0.1) is 0 Å². The average Bonchev–Trinajstić information content (AvgIpc) is 2.26. The summed E-state index contributed by atoms with van der Waals surface area (Å²) in [5.41, 5.74) is 2.60. The molecule has 0 aliphatic rings. The molecular formula is C14H21NO2. The number of carbonyl (C=O) groups is 1. The van der Waals surface area contributed by atoms with E-state index < -0.39 is 5.97 Å². The highest BCUT2D eigenvalue weighted by Gasteiger charge is 2.04. The molecule has 17 heavy (non-hydrogen) atoms. The van der Waals surface area contributed by atoms with Crippen molar-refractivity contribution in [1.29, 1.82) is 0 Å². The van der Waals surface area contributed by atoms with Crippen LogP contribution in [0.25, 0.3) is 0 Å². The van der Waals surface area contributed by atoms with Crippen molar-refractivity contribution in [3.63, 3.8) is 0 Å². The van der Waals surface area contributed by atoms with Crippen LogP contribution in [0.3, 0.4) is 0 Å². The summed E-state index contributed by atoms with van der Waals surface area (Å²) in [7, 11) is 0. The molecule has 0 amide bonds. The van der Waals surface area contributed by atoms with Gasteiger partial charge in [-0.15, -0.1) is 0 Å². The SMILES string of the molecule is Cc1cccc(CCNC(C)CCC(=O)O)c1. The van der Waals surface area contributed by atoms with Gasteiger partial charge in [0.25, 0.3) is 0 Å². The molecule has 1 unspecified atom stereocenters. The second kappa shape index (κ2) is 7.07. The van der Waals surface area contributed by atoms with E-state index in [0.717, 1.165) is 13.0 Å². The Bertz CT molecular complexity index is 363. The normalized spacial score (nSPS) is 12.4. The van der Waals surface area contributed by atoms with Crippen LogP contribution in [0.15, 0.2) is 24.3 Å². The number of carboxylic acids is 1. The Hall–Kier alpha value is -1.35. The molecule has 0 saturated heterocycles. The lowest BCUT2D eigenvalue weighted by atomic mass is 10.1. The number of hydrogen-bond donors (Lipinski definition) is 2. The molecule has 3 nitrogen and oxygen atoms in total. The van der Waals surface area contributed by atoms with Crippen LogP contribution in [0.5, 0.6) is 0 Å². The Morgan fingerprint density at radius 3 is 2.88 bits per heavy atom. The third-order valence-corrected chi connectivity index (χ3v) is 2.78. The highest BCUT2D eigenvalue weighted by molar-refractivity contribution is 5.66. The summed E-state index contributed by atoms with van der Waals surface area (Å²) in [4.78, 5) is 10.4. The molecule has 0 spiro atoms. The Kier molecular flexibility index (Phi) is 5.70. The van der Waals surface area contributed by atoms with E-state index in [0.29, 0.717) is 6.42 Å². The third-order valence-electron chi connectivity index (χ3n) is 2.78. The second-order valence-corrected chi connectivity index (χ2v) is 4.53. The van der Waals surface area contributed by atoms with E-state index in [4.69, 9.17) is 5.11 Å². The van der Waals surface area contributed by atoms with E-state index in [1.807, 2.05) is 6.92 Å². The lowest BCUT2D eigenvalue weighted by molar-refractivity contribution is -0.137. The maximum Gasteiger partial charge on any atom is 0.303 e. The summed E-state index contributed by atoms with van der Waals surface area (Å²) in [5.74, 6) is -0.725. The summed E-state index contributed by atoms with van der Waals surface area (Å²) < 4.78 is 0. The Balaban J connectivity index is 2.21. The average molecular weight is 235 g/mol. The first-order chi connectivity index (χ1) is 8.08. The molecule has 1 aromatic carbocycles. The fourth-order valence-electron chi connectivity index (χ4n) is 1.77. The van der Waals surface area contributed by atoms with Gasteiger partial charge in [0.1, 0.15) is 0 Å². The zero-order valence-electron chi connectivity index (χ0n) is 10.6. The molecule has 0 fully saturated rings. The maximum atomic E-state index is 10.4. The van der Waals surface area contributed by atoms with E-state index in [1.54, 1.807) is 0 Å². The minimum Gasteiger partial charge on any atom is -0.481 e.